The number of unbranched alkanes of at least 4 members (excludes halogenated alkanes) is 2. The van der Waals surface area contributed by atoms with Gasteiger partial charge in [0.1, 0.15) is 13.2 Å². The minimum atomic E-state index is -0.866. The summed E-state index contributed by atoms with van der Waals surface area (Å²) in [5.74, 6) is -1.59. The van der Waals surface area contributed by atoms with Gasteiger partial charge >= 0.3 is 17.9 Å². The van der Waals surface area contributed by atoms with Crippen molar-refractivity contribution in [3.8, 4) is 0 Å². The summed E-state index contributed by atoms with van der Waals surface area (Å²) in [5.41, 5.74) is 1.50. The fraction of sp³-hybridized carbons (Fsp3) is 0.743. The van der Waals surface area contributed by atoms with Gasteiger partial charge in [-0.15, -0.1) is 0 Å². The molecule has 0 unspecified atom stereocenters. The van der Waals surface area contributed by atoms with E-state index in [1.165, 1.54) is 0 Å². The molecule has 50 heavy (non-hydrogen) atoms. The quantitative estimate of drug-likeness (QED) is 0.0756. The van der Waals surface area contributed by atoms with Crippen molar-refractivity contribution in [2.75, 3.05) is 131 Å². The summed E-state index contributed by atoms with van der Waals surface area (Å²) in [7, 11) is 0. The van der Waals surface area contributed by atoms with Gasteiger partial charge in [-0.3, -0.25) is 9.59 Å². The number of carboxylic acid groups (broad SMARTS) is 1. The number of carboxylic acids is 1. The molecule has 1 aromatic rings. The van der Waals surface area contributed by atoms with E-state index >= 15 is 0 Å². The molecule has 0 heterocycles. The molecule has 0 amide bonds. The molecular formula is C35H59NO14. The second-order valence-corrected chi connectivity index (χ2v) is 10.7. The summed E-state index contributed by atoms with van der Waals surface area (Å²) in [6.45, 7) is 10.1. The molecular weight excluding hydrogens is 658 g/mol. The predicted molar refractivity (Wildman–Crippen MR) is 184 cm³/mol. The lowest BCUT2D eigenvalue weighted by Gasteiger charge is -2.09. The lowest BCUT2D eigenvalue weighted by atomic mass is 10.2. The number of hydrogen-bond acceptors (Lipinski definition) is 14. The van der Waals surface area contributed by atoms with E-state index in [9.17, 15) is 14.4 Å². The summed E-state index contributed by atoms with van der Waals surface area (Å²) in [5, 5.41) is 11.9. The van der Waals surface area contributed by atoms with Crippen LogP contribution in [0.25, 0.3) is 0 Å². The zero-order valence-electron chi connectivity index (χ0n) is 29.7. The summed E-state index contributed by atoms with van der Waals surface area (Å²) < 4.78 is 53.7. The third-order valence-electron chi connectivity index (χ3n) is 6.56. The van der Waals surface area contributed by atoms with Crippen LogP contribution in [0.15, 0.2) is 24.3 Å². The number of hydrogen-bond donors (Lipinski definition) is 2. The van der Waals surface area contributed by atoms with Crippen LogP contribution in [-0.4, -0.2) is 148 Å². The van der Waals surface area contributed by atoms with Crippen molar-refractivity contribution in [3.63, 3.8) is 0 Å². The fourth-order valence-electron chi connectivity index (χ4n) is 3.88. The minimum absolute atomic E-state index is 0.0565. The van der Waals surface area contributed by atoms with Crippen LogP contribution in [0.2, 0.25) is 0 Å². The first kappa shape index (κ1) is 45.1. The molecule has 0 radical (unpaired) electrons. The van der Waals surface area contributed by atoms with Gasteiger partial charge in [0, 0.05) is 25.1 Å². The first-order chi connectivity index (χ1) is 24.5. The molecule has 0 aliphatic rings. The zero-order chi connectivity index (χ0) is 36.2. The van der Waals surface area contributed by atoms with Gasteiger partial charge in [-0.05, 0) is 43.5 Å². The Kier molecular flexibility index (Phi) is 31.2. The van der Waals surface area contributed by atoms with Gasteiger partial charge in [0.2, 0.25) is 0 Å². The van der Waals surface area contributed by atoms with E-state index < -0.39 is 5.97 Å². The Labute approximate surface area is 296 Å². The lowest BCUT2D eigenvalue weighted by Crippen LogP contribution is -2.15. The van der Waals surface area contributed by atoms with E-state index in [-0.39, 0.29) is 44.6 Å². The number of aliphatic carboxylic acids is 1. The molecule has 0 bridgehead atoms. The Hall–Kier alpha value is -2.89. The minimum Gasteiger partial charge on any atom is -0.481 e. The number of esters is 2. The van der Waals surface area contributed by atoms with Crippen LogP contribution in [0.1, 0.15) is 55.8 Å². The van der Waals surface area contributed by atoms with E-state index in [0.29, 0.717) is 118 Å². The molecule has 0 spiro atoms. The van der Waals surface area contributed by atoms with E-state index in [1.54, 1.807) is 12.1 Å². The number of carbonyl (C=O) groups excluding carboxylic acids is 2. The SMILES string of the molecule is CCCCNc1ccc(C(=O)OCCOCCOCCOCCOCCOCCOCCOCCOCCOC(=O)CCCCC(=O)O)cc1. The van der Waals surface area contributed by atoms with Crippen molar-refractivity contribution in [2.45, 2.75) is 45.4 Å². The number of ether oxygens (including phenoxy) is 10. The van der Waals surface area contributed by atoms with Crippen LogP contribution in [-0.2, 0) is 57.0 Å². The lowest BCUT2D eigenvalue weighted by molar-refractivity contribution is -0.146. The molecule has 15 nitrogen and oxygen atoms in total. The maximum atomic E-state index is 12.1. The molecule has 0 aromatic heterocycles. The van der Waals surface area contributed by atoms with Gasteiger partial charge in [0.25, 0.3) is 0 Å². The molecule has 1 aromatic carbocycles. The van der Waals surface area contributed by atoms with Crippen LogP contribution in [0.5, 0.6) is 0 Å². The highest BCUT2D eigenvalue weighted by molar-refractivity contribution is 5.89. The van der Waals surface area contributed by atoms with E-state index in [1.807, 2.05) is 12.1 Å². The van der Waals surface area contributed by atoms with Crippen molar-refractivity contribution < 1.29 is 66.9 Å². The zero-order valence-corrected chi connectivity index (χ0v) is 29.7. The molecule has 0 saturated carbocycles. The molecule has 1 rings (SSSR count). The summed E-state index contributed by atoms with van der Waals surface area (Å²) in [6, 6.07) is 7.26. The molecule has 15 heteroatoms. The normalized spacial score (nSPS) is 11.1. The van der Waals surface area contributed by atoms with Crippen molar-refractivity contribution in [3.05, 3.63) is 29.8 Å². The summed E-state index contributed by atoms with van der Waals surface area (Å²) >= 11 is 0. The summed E-state index contributed by atoms with van der Waals surface area (Å²) in [6.07, 6.45) is 3.45. The molecule has 2 N–H and O–H groups in total. The molecule has 0 aliphatic carbocycles. The highest BCUT2D eigenvalue weighted by atomic mass is 16.6. The van der Waals surface area contributed by atoms with Crippen LogP contribution in [0, 0.1) is 0 Å². The topological polar surface area (TPSA) is 176 Å². The van der Waals surface area contributed by atoms with Crippen molar-refractivity contribution in [2.24, 2.45) is 0 Å². The number of anilines is 1. The third-order valence-corrected chi connectivity index (χ3v) is 6.56. The van der Waals surface area contributed by atoms with E-state index in [2.05, 4.69) is 12.2 Å². The van der Waals surface area contributed by atoms with Crippen LogP contribution >= 0.6 is 0 Å². The second kappa shape index (κ2) is 34.6. The number of nitrogens with one attached hydrogen (secondary N) is 1. The smallest absolute Gasteiger partial charge is 0.338 e. The van der Waals surface area contributed by atoms with Crippen molar-refractivity contribution in [1.29, 1.82) is 0 Å². The van der Waals surface area contributed by atoms with Gasteiger partial charge in [0.05, 0.1) is 111 Å². The molecule has 288 valence electrons. The van der Waals surface area contributed by atoms with Gasteiger partial charge in [-0.1, -0.05) is 13.3 Å². The molecule has 0 fully saturated rings. The van der Waals surface area contributed by atoms with Crippen LogP contribution < -0.4 is 5.32 Å². The predicted octanol–water partition coefficient (Wildman–Crippen LogP) is 3.38. The highest BCUT2D eigenvalue weighted by Crippen LogP contribution is 2.11. The first-order valence-electron chi connectivity index (χ1n) is 17.5. The van der Waals surface area contributed by atoms with Crippen LogP contribution in [0.4, 0.5) is 5.69 Å². The van der Waals surface area contributed by atoms with Crippen molar-refractivity contribution in [1.82, 2.24) is 0 Å². The molecule has 0 saturated heterocycles. The average Bonchev–Trinajstić information content (AvgIpc) is 3.11. The standard InChI is InChI=1S/C35H59NO14/c1-2-3-12-36-32-10-8-31(9-11-32)35(40)50-30-28-48-26-24-46-22-20-44-18-16-42-14-13-41-15-17-43-19-21-45-23-25-47-27-29-49-34(39)7-5-4-6-33(37)38/h8-11,36H,2-7,12-30H2,1H3,(H,37,38). The third kappa shape index (κ3) is 30.0. The van der Waals surface area contributed by atoms with Gasteiger partial charge < -0.3 is 57.8 Å². The number of rotatable bonds is 37. The Morgan fingerprint density at radius 3 is 1.30 bits per heavy atom. The number of carbonyl (C=O) groups is 3. The van der Waals surface area contributed by atoms with Gasteiger partial charge in [-0.25, -0.2) is 4.79 Å². The highest BCUT2D eigenvalue weighted by Gasteiger charge is 2.07. The largest absolute Gasteiger partial charge is 0.481 e. The van der Waals surface area contributed by atoms with E-state index in [0.717, 1.165) is 25.1 Å². The van der Waals surface area contributed by atoms with Crippen molar-refractivity contribution >= 4 is 23.6 Å². The molecule has 0 atom stereocenters. The monoisotopic (exact) mass is 717 g/mol. The fourth-order valence-corrected chi connectivity index (χ4v) is 3.88. The molecule has 0 aliphatic heterocycles. The van der Waals surface area contributed by atoms with Gasteiger partial charge in [0.15, 0.2) is 0 Å². The first-order valence-corrected chi connectivity index (χ1v) is 17.5. The Morgan fingerprint density at radius 2 is 0.900 bits per heavy atom. The Morgan fingerprint density at radius 1 is 0.520 bits per heavy atom. The maximum Gasteiger partial charge on any atom is 0.338 e. The van der Waals surface area contributed by atoms with Crippen LogP contribution in [0.3, 0.4) is 0 Å². The maximum absolute atomic E-state index is 12.1. The van der Waals surface area contributed by atoms with E-state index in [4.69, 9.17) is 52.5 Å². The van der Waals surface area contributed by atoms with Gasteiger partial charge in [-0.2, -0.15) is 0 Å². The number of benzene rings is 1. The Balaban J connectivity index is 1.72. The average molecular weight is 718 g/mol. The second-order valence-electron chi connectivity index (χ2n) is 10.7. The summed E-state index contributed by atoms with van der Waals surface area (Å²) in [4.78, 5) is 34.0. The Bertz CT molecular complexity index is 950.